The van der Waals surface area contributed by atoms with Crippen molar-refractivity contribution >= 4 is 11.6 Å². The smallest absolute Gasteiger partial charge is 0.312 e. The molecule has 3 heterocycles. The number of nitriles is 1. The number of nitrogens with one attached hydrogen (secondary N) is 2. The number of fused-ring (bicyclic) bond motifs is 1. The number of H-pyrrole nitrogens is 1. The van der Waals surface area contributed by atoms with Gasteiger partial charge in [-0.05, 0) is 37.1 Å². The van der Waals surface area contributed by atoms with Gasteiger partial charge in [-0.3, -0.25) is 25.3 Å². The molecule has 4 aromatic rings. The van der Waals surface area contributed by atoms with Gasteiger partial charge in [0.15, 0.2) is 0 Å². The Kier molecular flexibility index (Phi) is 5.93. The molecule has 2 aromatic heterocycles. The summed E-state index contributed by atoms with van der Waals surface area (Å²) in [4.78, 5) is 11.1. The van der Waals surface area contributed by atoms with Gasteiger partial charge < -0.3 is 9.47 Å². The average molecular weight is 498 g/mol. The fourth-order valence-electron chi connectivity index (χ4n) is 4.89. The van der Waals surface area contributed by atoms with Crippen LogP contribution in [0.15, 0.2) is 48.5 Å². The van der Waals surface area contributed by atoms with Gasteiger partial charge in [0.25, 0.3) is 0 Å². The first kappa shape index (κ1) is 23.7. The Bertz CT molecular complexity index is 1570. The van der Waals surface area contributed by atoms with E-state index < -0.39 is 16.8 Å². The van der Waals surface area contributed by atoms with E-state index in [-0.39, 0.29) is 24.0 Å². The molecule has 5 rings (SSSR count). The maximum Gasteiger partial charge on any atom is 0.312 e. The lowest BCUT2D eigenvalue weighted by Crippen LogP contribution is -2.31. The van der Waals surface area contributed by atoms with Gasteiger partial charge in [0.2, 0.25) is 11.8 Å². The Labute approximate surface area is 211 Å². The van der Waals surface area contributed by atoms with Crippen LogP contribution in [0.2, 0.25) is 0 Å². The molecule has 0 bridgehead atoms. The van der Waals surface area contributed by atoms with Crippen molar-refractivity contribution in [2.24, 2.45) is 5.92 Å². The molecule has 11 heteroatoms. The van der Waals surface area contributed by atoms with Gasteiger partial charge in [-0.1, -0.05) is 36.4 Å². The molecule has 2 N–H and O–H groups in total. The van der Waals surface area contributed by atoms with Crippen molar-refractivity contribution in [3.05, 3.63) is 86.7 Å². The zero-order valence-corrected chi connectivity index (χ0v) is 20.3. The Hall–Kier alpha value is -4.98. The Morgan fingerprint density at radius 1 is 1.27 bits per heavy atom. The van der Waals surface area contributed by atoms with Crippen molar-refractivity contribution in [1.82, 2.24) is 20.0 Å². The van der Waals surface area contributed by atoms with Crippen LogP contribution < -0.4 is 9.47 Å². The van der Waals surface area contributed by atoms with Crippen LogP contribution in [-0.2, 0) is 6.54 Å². The molecular formula is C26H23N7O4. The zero-order valence-electron chi connectivity index (χ0n) is 20.3. The van der Waals surface area contributed by atoms with Gasteiger partial charge >= 0.3 is 5.69 Å². The minimum atomic E-state index is -0.886. The van der Waals surface area contributed by atoms with Crippen LogP contribution in [0, 0.1) is 46.6 Å². The number of nitrogens with zero attached hydrogens (tertiary/aromatic N) is 5. The summed E-state index contributed by atoms with van der Waals surface area (Å²) in [5.41, 5.74) is 4.49. The van der Waals surface area contributed by atoms with E-state index in [1.54, 1.807) is 31.7 Å². The molecule has 11 nitrogen and oxygen atoms in total. The van der Waals surface area contributed by atoms with Crippen molar-refractivity contribution < 1.29 is 14.4 Å². The average Bonchev–Trinajstić information content (AvgIpc) is 3.43. The minimum absolute atomic E-state index is 0.0203. The summed E-state index contributed by atoms with van der Waals surface area (Å²) >= 11 is 0. The van der Waals surface area contributed by atoms with Gasteiger partial charge in [-0.15, -0.1) is 5.10 Å². The van der Waals surface area contributed by atoms with Gasteiger partial charge in [-0.2, -0.15) is 10.4 Å². The topological polar surface area (TPSA) is 156 Å². The second kappa shape index (κ2) is 9.23. The van der Waals surface area contributed by atoms with Crippen molar-refractivity contribution in [3.63, 3.8) is 0 Å². The van der Waals surface area contributed by atoms with Crippen LogP contribution in [-0.4, -0.2) is 37.9 Å². The van der Waals surface area contributed by atoms with Crippen molar-refractivity contribution in [2.45, 2.75) is 26.3 Å². The number of ether oxygens (including phenoxy) is 2. The number of hydrogen-bond donors (Lipinski definition) is 2. The summed E-state index contributed by atoms with van der Waals surface area (Å²) in [7, 11) is 1.55. The highest BCUT2D eigenvalue weighted by molar-refractivity contribution is 5.86. The number of methoxy groups -OCH3 is 1. The summed E-state index contributed by atoms with van der Waals surface area (Å²) in [6.07, 6.45) is 0. The van der Waals surface area contributed by atoms with Crippen LogP contribution in [0.4, 0.5) is 5.69 Å². The number of aromatic nitrogens is 4. The number of hydrogen-bond acceptors (Lipinski definition) is 8. The van der Waals surface area contributed by atoms with E-state index in [9.17, 15) is 15.4 Å². The molecule has 2 atom stereocenters. The SMILES string of the molecule is COc1ccc(C2c3c(n[nH]c3-c3ccccc3)OC(=N)C2C#N)cc1Cn1nc(C)c([N+](=O)[O-])c1C. The minimum Gasteiger partial charge on any atom is -0.496 e. The number of aromatic amines is 1. The van der Waals surface area contributed by atoms with Crippen molar-refractivity contribution in [3.8, 4) is 29.0 Å². The largest absolute Gasteiger partial charge is 0.496 e. The van der Waals surface area contributed by atoms with E-state index in [4.69, 9.17) is 14.9 Å². The summed E-state index contributed by atoms with van der Waals surface area (Å²) in [5, 5.41) is 41.6. The molecule has 0 saturated heterocycles. The number of rotatable bonds is 6. The molecule has 0 saturated carbocycles. The maximum absolute atomic E-state index is 11.5. The van der Waals surface area contributed by atoms with Crippen molar-refractivity contribution in [2.75, 3.05) is 7.11 Å². The van der Waals surface area contributed by atoms with Gasteiger partial charge in [0, 0.05) is 11.5 Å². The molecule has 1 aliphatic heterocycles. The second-order valence-corrected chi connectivity index (χ2v) is 8.74. The fourth-order valence-corrected chi connectivity index (χ4v) is 4.89. The highest BCUT2D eigenvalue weighted by Gasteiger charge is 2.41. The molecule has 0 aliphatic carbocycles. The van der Waals surface area contributed by atoms with Gasteiger partial charge in [-0.25, -0.2) is 0 Å². The van der Waals surface area contributed by atoms with E-state index in [0.717, 1.165) is 16.7 Å². The van der Waals surface area contributed by atoms with Crippen LogP contribution >= 0.6 is 0 Å². The lowest BCUT2D eigenvalue weighted by Gasteiger charge is -2.28. The molecule has 2 unspecified atom stereocenters. The third kappa shape index (κ3) is 3.98. The molecule has 1 aliphatic rings. The first-order valence-corrected chi connectivity index (χ1v) is 11.5. The van der Waals surface area contributed by atoms with Crippen molar-refractivity contribution in [1.29, 1.82) is 10.7 Å². The highest BCUT2D eigenvalue weighted by Crippen LogP contribution is 2.46. The highest BCUT2D eigenvalue weighted by atomic mass is 16.6. The van der Waals surface area contributed by atoms with E-state index in [2.05, 4.69) is 21.4 Å². The zero-order chi connectivity index (χ0) is 26.3. The lowest BCUT2D eigenvalue weighted by molar-refractivity contribution is -0.386. The molecule has 0 radical (unpaired) electrons. The first-order chi connectivity index (χ1) is 17.8. The molecule has 0 amide bonds. The third-order valence-electron chi connectivity index (χ3n) is 6.61. The molecular weight excluding hydrogens is 474 g/mol. The van der Waals surface area contributed by atoms with E-state index in [1.807, 2.05) is 42.5 Å². The number of aryl methyl sites for hydroxylation is 1. The van der Waals surface area contributed by atoms with E-state index >= 15 is 0 Å². The van der Waals surface area contributed by atoms with Crippen LogP contribution in [0.25, 0.3) is 11.3 Å². The standard InChI is InChI=1S/C26H23N7O4/c1-14-24(33(34)35)15(2)32(31-14)13-18-11-17(9-10-20(18)36-3)21-19(12-27)25(28)37-26-22(21)23(29-30-26)16-7-5-4-6-8-16/h4-11,19,21,28H,13H2,1-3H3,(H,29,30). The Balaban J connectivity index is 1.64. The number of benzene rings is 2. The summed E-state index contributed by atoms with van der Waals surface area (Å²) in [5.74, 6) is -0.784. The van der Waals surface area contributed by atoms with Crippen LogP contribution in [0.5, 0.6) is 11.6 Å². The summed E-state index contributed by atoms with van der Waals surface area (Å²) in [6, 6.07) is 17.3. The molecule has 2 aromatic carbocycles. The van der Waals surface area contributed by atoms with Crippen LogP contribution in [0.1, 0.15) is 34.0 Å². The molecule has 37 heavy (non-hydrogen) atoms. The second-order valence-electron chi connectivity index (χ2n) is 8.74. The Morgan fingerprint density at radius 3 is 2.68 bits per heavy atom. The van der Waals surface area contributed by atoms with Gasteiger partial charge in [0.05, 0.1) is 35.9 Å². The van der Waals surface area contributed by atoms with Gasteiger partial charge in [0.1, 0.15) is 23.1 Å². The van der Waals surface area contributed by atoms with E-state index in [0.29, 0.717) is 28.4 Å². The molecule has 0 fully saturated rings. The monoisotopic (exact) mass is 497 g/mol. The number of nitro groups is 1. The first-order valence-electron chi connectivity index (χ1n) is 11.5. The molecule has 0 spiro atoms. The summed E-state index contributed by atoms with van der Waals surface area (Å²) in [6.45, 7) is 3.48. The lowest BCUT2D eigenvalue weighted by atomic mass is 9.78. The fraction of sp³-hybridized carbons (Fsp3) is 0.231. The Morgan fingerprint density at radius 2 is 2.03 bits per heavy atom. The summed E-state index contributed by atoms with van der Waals surface area (Å²) < 4.78 is 12.8. The quantitative estimate of drug-likeness (QED) is 0.293. The van der Waals surface area contributed by atoms with E-state index in [1.165, 1.54) is 0 Å². The molecule has 186 valence electrons. The van der Waals surface area contributed by atoms with Crippen LogP contribution in [0.3, 0.4) is 0 Å². The predicted molar refractivity (Wildman–Crippen MR) is 134 cm³/mol. The third-order valence-corrected chi connectivity index (χ3v) is 6.61. The maximum atomic E-state index is 11.5. The normalized spacial score (nSPS) is 16.5. The predicted octanol–water partition coefficient (Wildman–Crippen LogP) is 4.50.